The van der Waals surface area contributed by atoms with E-state index < -0.39 is 10.2 Å². The molecule has 0 bridgehead atoms. The standard InChI is InChI=1S/C17H17N3O5S2/c1-3-13(16(22)25-2)27-17-18-12-8-9-26-14(12)15(21)19(17)10-4-6-11(7-5-10)20(23)24/h4-7,13H,3,8-9H2,1-2H3/t13-/m1/s1. The fourth-order valence-corrected chi connectivity index (χ4v) is 4.78. The zero-order valence-corrected chi connectivity index (χ0v) is 16.3. The molecule has 1 aromatic heterocycles. The first-order valence-electron chi connectivity index (χ1n) is 8.24. The van der Waals surface area contributed by atoms with Gasteiger partial charge in [0.2, 0.25) is 0 Å². The number of carbonyl (C=O) groups is 1. The lowest BCUT2D eigenvalue weighted by Gasteiger charge is -2.17. The molecule has 0 unspecified atom stereocenters. The second-order valence-electron chi connectivity index (χ2n) is 5.72. The van der Waals surface area contributed by atoms with E-state index in [4.69, 9.17) is 4.74 Å². The molecule has 8 nitrogen and oxygen atoms in total. The molecule has 2 aromatic rings. The number of non-ortho nitro benzene ring substituents is 1. The number of hydrogen-bond donors (Lipinski definition) is 0. The van der Waals surface area contributed by atoms with Crippen LogP contribution in [-0.2, 0) is 16.0 Å². The highest BCUT2D eigenvalue weighted by Crippen LogP contribution is 2.32. The first-order chi connectivity index (χ1) is 13.0. The van der Waals surface area contributed by atoms with Crippen LogP contribution in [0.1, 0.15) is 19.0 Å². The van der Waals surface area contributed by atoms with E-state index in [0.29, 0.717) is 28.6 Å². The van der Waals surface area contributed by atoms with E-state index >= 15 is 0 Å². The molecule has 1 aliphatic rings. The van der Waals surface area contributed by atoms with Crippen molar-refractivity contribution in [2.24, 2.45) is 0 Å². The van der Waals surface area contributed by atoms with E-state index in [1.165, 1.54) is 59.5 Å². The number of aromatic nitrogens is 2. The van der Waals surface area contributed by atoms with Crippen LogP contribution in [0.15, 0.2) is 39.1 Å². The van der Waals surface area contributed by atoms with Crippen molar-refractivity contribution in [3.63, 3.8) is 0 Å². The number of nitrogens with zero attached hydrogens (tertiary/aromatic N) is 3. The Morgan fingerprint density at radius 1 is 1.44 bits per heavy atom. The lowest BCUT2D eigenvalue weighted by atomic mass is 10.2. The minimum atomic E-state index is -0.502. The number of nitro benzene ring substituents is 1. The molecule has 2 heterocycles. The van der Waals surface area contributed by atoms with E-state index in [1.54, 1.807) is 0 Å². The Hall–Kier alpha value is -2.33. The number of methoxy groups -OCH3 is 1. The Bertz CT molecular complexity index is 943. The summed E-state index contributed by atoms with van der Waals surface area (Å²) in [6.45, 7) is 1.85. The molecule has 0 amide bonds. The number of thioether (sulfide) groups is 2. The number of esters is 1. The van der Waals surface area contributed by atoms with Crippen LogP contribution in [0.5, 0.6) is 0 Å². The molecule has 3 rings (SSSR count). The highest BCUT2D eigenvalue weighted by Gasteiger charge is 2.26. The van der Waals surface area contributed by atoms with Gasteiger partial charge in [0.05, 0.1) is 28.3 Å². The molecule has 0 saturated heterocycles. The zero-order chi connectivity index (χ0) is 19.6. The van der Waals surface area contributed by atoms with Gasteiger partial charge in [0, 0.05) is 24.3 Å². The second kappa shape index (κ2) is 8.13. The summed E-state index contributed by atoms with van der Waals surface area (Å²) in [7, 11) is 1.32. The van der Waals surface area contributed by atoms with Crippen LogP contribution < -0.4 is 5.56 Å². The first kappa shape index (κ1) is 19.4. The summed E-state index contributed by atoms with van der Waals surface area (Å²) in [6, 6.07) is 5.70. The predicted octanol–water partition coefficient (Wildman–Crippen LogP) is 2.83. The van der Waals surface area contributed by atoms with Crippen molar-refractivity contribution in [2.75, 3.05) is 12.9 Å². The van der Waals surface area contributed by atoms with Gasteiger partial charge in [-0.2, -0.15) is 0 Å². The third-order valence-corrected chi connectivity index (χ3v) is 6.47. The molecule has 27 heavy (non-hydrogen) atoms. The van der Waals surface area contributed by atoms with Crippen molar-refractivity contribution in [2.45, 2.75) is 35.1 Å². The number of rotatable bonds is 6. The molecule has 10 heteroatoms. The Kier molecular flexibility index (Phi) is 5.85. The molecule has 142 valence electrons. The minimum Gasteiger partial charge on any atom is -0.468 e. The number of nitro groups is 1. The molecule has 1 aromatic carbocycles. The number of carbonyl (C=O) groups excluding carboxylic acids is 1. The molecular weight excluding hydrogens is 390 g/mol. The molecule has 0 spiro atoms. The SMILES string of the molecule is CC[C@@H](Sc1nc2c(c(=O)n1-c1ccc([N+](=O)[O-])cc1)SCC2)C(=O)OC. The van der Waals surface area contributed by atoms with Gasteiger partial charge in [-0.3, -0.25) is 24.3 Å². The largest absolute Gasteiger partial charge is 0.468 e. The van der Waals surface area contributed by atoms with E-state index in [9.17, 15) is 19.7 Å². The number of fused-ring (bicyclic) bond motifs is 1. The fourth-order valence-electron chi connectivity index (χ4n) is 2.68. The van der Waals surface area contributed by atoms with E-state index in [2.05, 4.69) is 4.98 Å². The van der Waals surface area contributed by atoms with Gasteiger partial charge >= 0.3 is 5.97 Å². The molecular formula is C17H17N3O5S2. The second-order valence-corrected chi connectivity index (χ2v) is 8.00. The highest BCUT2D eigenvalue weighted by atomic mass is 32.2. The van der Waals surface area contributed by atoms with Gasteiger partial charge in [0.15, 0.2) is 5.16 Å². The van der Waals surface area contributed by atoms with Gasteiger partial charge in [-0.15, -0.1) is 11.8 Å². The van der Waals surface area contributed by atoms with Crippen molar-refractivity contribution in [1.82, 2.24) is 9.55 Å². The van der Waals surface area contributed by atoms with Gasteiger partial charge in [0.25, 0.3) is 11.2 Å². The average Bonchev–Trinajstić information content (AvgIpc) is 3.14. The maximum atomic E-state index is 13.0. The summed E-state index contributed by atoms with van der Waals surface area (Å²) in [6.07, 6.45) is 1.21. The summed E-state index contributed by atoms with van der Waals surface area (Å²) in [5, 5.41) is 10.8. The third-order valence-electron chi connectivity index (χ3n) is 4.07. The first-order valence-corrected chi connectivity index (χ1v) is 10.1. The van der Waals surface area contributed by atoms with Crippen LogP contribution in [0.25, 0.3) is 5.69 Å². The van der Waals surface area contributed by atoms with Crippen LogP contribution in [-0.4, -0.2) is 38.6 Å². The van der Waals surface area contributed by atoms with E-state index in [0.717, 1.165) is 11.4 Å². The maximum absolute atomic E-state index is 13.0. The smallest absolute Gasteiger partial charge is 0.319 e. The number of ether oxygens (including phenoxy) is 1. The predicted molar refractivity (Wildman–Crippen MR) is 103 cm³/mol. The monoisotopic (exact) mass is 407 g/mol. The van der Waals surface area contributed by atoms with Gasteiger partial charge < -0.3 is 4.74 Å². The molecule has 0 N–H and O–H groups in total. The summed E-state index contributed by atoms with van der Waals surface area (Å²) in [5.41, 5.74) is 0.907. The van der Waals surface area contributed by atoms with Crippen LogP contribution in [0.3, 0.4) is 0 Å². The van der Waals surface area contributed by atoms with Gasteiger partial charge in [-0.1, -0.05) is 18.7 Å². The van der Waals surface area contributed by atoms with Crippen molar-refractivity contribution in [3.05, 3.63) is 50.4 Å². The summed E-state index contributed by atoms with van der Waals surface area (Å²) < 4.78 is 6.25. The highest BCUT2D eigenvalue weighted by molar-refractivity contribution is 8.00. The molecule has 0 aliphatic carbocycles. The van der Waals surface area contributed by atoms with Gasteiger partial charge in [-0.25, -0.2) is 4.98 Å². The summed E-state index contributed by atoms with van der Waals surface area (Å²) in [4.78, 5) is 40.6. The van der Waals surface area contributed by atoms with Crippen LogP contribution in [0.4, 0.5) is 5.69 Å². The van der Waals surface area contributed by atoms with Gasteiger partial charge in [-0.05, 0) is 18.6 Å². The van der Waals surface area contributed by atoms with E-state index in [1.807, 2.05) is 6.92 Å². The van der Waals surface area contributed by atoms with Crippen LogP contribution >= 0.6 is 23.5 Å². The van der Waals surface area contributed by atoms with E-state index in [-0.39, 0.29) is 17.2 Å². The quantitative estimate of drug-likeness (QED) is 0.237. The lowest BCUT2D eigenvalue weighted by molar-refractivity contribution is -0.384. The van der Waals surface area contributed by atoms with Crippen molar-refractivity contribution < 1.29 is 14.5 Å². The fraction of sp³-hybridized carbons (Fsp3) is 0.353. The molecule has 0 radical (unpaired) electrons. The van der Waals surface area contributed by atoms with Crippen molar-refractivity contribution in [3.8, 4) is 5.69 Å². The third kappa shape index (κ3) is 3.86. The Morgan fingerprint density at radius 2 is 2.15 bits per heavy atom. The van der Waals surface area contributed by atoms with Crippen LogP contribution in [0, 0.1) is 10.1 Å². The average molecular weight is 407 g/mol. The normalized spacial score (nSPS) is 13.9. The minimum absolute atomic E-state index is 0.0644. The van der Waals surface area contributed by atoms with Crippen molar-refractivity contribution >= 4 is 35.2 Å². The molecule has 1 aliphatic heterocycles. The Morgan fingerprint density at radius 3 is 2.74 bits per heavy atom. The Balaban J connectivity index is 2.12. The number of benzene rings is 1. The Labute approximate surface area is 163 Å². The summed E-state index contributed by atoms with van der Waals surface area (Å²) >= 11 is 2.62. The number of hydrogen-bond acceptors (Lipinski definition) is 8. The lowest BCUT2D eigenvalue weighted by Crippen LogP contribution is -2.26. The van der Waals surface area contributed by atoms with Crippen molar-refractivity contribution in [1.29, 1.82) is 0 Å². The molecule has 0 fully saturated rings. The topological polar surface area (TPSA) is 104 Å². The summed E-state index contributed by atoms with van der Waals surface area (Å²) in [5.74, 6) is 0.391. The van der Waals surface area contributed by atoms with Gasteiger partial charge in [0.1, 0.15) is 5.25 Å². The maximum Gasteiger partial charge on any atom is 0.319 e. The molecule has 1 atom stereocenters. The molecule has 0 saturated carbocycles. The number of aryl methyl sites for hydroxylation is 1. The zero-order valence-electron chi connectivity index (χ0n) is 14.7. The van der Waals surface area contributed by atoms with Crippen LogP contribution in [0.2, 0.25) is 0 Å².